The lowest BCUT2D eigenvalue weighted by molar-refractivity contribution is 0.669. The summed E-state index contributed by atoms with van der Waals surface area (Å²) >= 11 is 0. The average Bonchev–Trinajstić information content (AvgIpc) is 3.16. The summed E-state index contributed by atoms with van der Waals surface area (Å²) in [6.45, 7) is 2.13. The summed E-state index contributed by atoms with van der Waals surface area (Å²) in [5, 5.41) is 8.32. The quantitative estimate of drug-likeness (QED) is 0.323. The predicted octanol–water partition coefficient (Wildman–Crippen LogP) is 8.46. The summed E-state index contributed by atoms with van der Waals surface area (Å²) in [7, 11) is 0. The number of anilines is 2. The second-order valence-corrected chi connectivity index (χ2v) is 8.05. The van der Waals surface area contributed by atoms with E-state index in [1.807, 2.05) is 6.07 Å². The van der Waals surface area contributed by atoms with Crippen LogP contribution in [0.5, 0.6) is 0 Å². The third kappa shape index (κ3) is 3.13. The summed E-state index contributed by atoms with van der Waals surface area (Å²) in [5.74, 6) is 0. The molecule has 1 N–H and O–H groups in total. The van der Waals surface area contributed by atoms with Crippen LogP contribution in [0.2, 0.25) is 0 Å². The third-order valence-corrected chi connectivity index (χ3v) is 5.88. The Morgan fingerprint density at radius 3 is 2.19 bits per heavy atom. The Morgan fingerprint density at radius 1 is 0.613 bits per heavy atom. The number of rotatable bonds is 3. The molecule has 1 heterocycles. The molecule has 2 nitrogen and oxygen atoms in total. The van der Waals surface area contributed by atoms with Gasteiger partial charge in [0, 0.05) is 27.7 Å². The number of hydrogen-bond acceptors (Lipinski definition) is 2. The third-order valence-electron chi connectivity index (χ3n) is 5.88. The first-order valence-corrected chi connectivity index (χ1v) is 10.5. The van der Waals surface area contributed by atoms with Crippen LogP contribution in [-0.2, 0) is 0 Å². The first kappa shape index (κ1) is 17.8. The molecule has 0 saturated carbocycles. The van der Waals surface area contributed by atoms with Gasteiger partial charge in [0.05, 0.1) is 0 Å². The molecule has 0 unspecified atom stereocenters. The minimum absolute atomic E-state index is 0.906. The summed E-state index contributed by atoms with van der Waals surface area (Å²) in [6, 6.07) is 36.1. The van der Waals surface area contributed by atoms with Gasteiger partial charge in [-0.15, -0.1) is 0 Å². The lowest BCUT2D eigenvalue weighted by Crippen LogP contribution is -1.94. The number of nitrogens with one attached hydrogen (secondary N) is 1. The smallest absolute Gasteiger partial charge is 0.136 e. The predicted molar refractivity (Wildman–Crippen MR) is 131 cm³/mol. The monoisotopic (exact) mass is 399 g/mol. The van der Waals surface area contributed by atoms with Crippen LogP contribution in [0.3, 0.4) is 0 Å². The van der Waals surface area contributed by atoms with Crippen LogP contribution in [-0.4, -0.2) is 0 Å². The Morgan fingerprint density at radius 2 is 1.35 bits per heavy atom. The SMILES string of the molecule is Cc1ccc(Nc2ccc3oc4cc5ccccc5cc4c3c2)c(-c2ccccc2)c1. The fraction of sp³-hybridized carbons (Fsp3) is 0.0345. The molecule has 0 saturated heterocycles. The van der Waals surface area contributed by atoms with Crippen molar-refractivity contribution in [2.24, 2.45) is 0 Å². The number of furan rings is 1. The van der Waals surface area contributed by atoms with Crippen molar-refractivity contribution in [1.82, 2.24) is 0 Å². The van der Waals surface area contributed by atoms with Gasteiger partial charge in [0.1, 0.15) is 11.2 Å². The largest absolute Gasteiger partial charge is 0.456 e. The Labute approximate surface area is 180 Å². The van der Waals surface area contributed by atoms with Crippen molar-refractivity contribution in [1.29, 1.82) is 0 Å². The van der Waals surface area contributed by atoms with Crippen molar-refractivity contribution in [3.05, 3.63) is 109 Å². The van der Waals surface area contributed by atoms with Gasteiger partial charge in [-0.1, -0.05) is 66.2 Å². The van der Waals surface area contributed by atoms with E-state index in [0.717, 1.165) is 33.3 Å². The highest BCUT2D eigenvalue weighted by molar-refractivity contribution is 6.11. The molecule has 0 radical (unpaired) electrons. The number of hydrogen-bond donors (Lipinski definition) is 1. The molecule has 1 aromatic heterocycles. The van der Waals surface area contributed by atoms with Crippen molar-refractivity contribution in [2.45, 2.75) is 6.92 Å². The molecule has 31 heavy (non-hydrogen) atoms. The van der Waals surface area contributed by atoms with Crippen LogP contribution in [0.4, 0.5) is 11.4 Å². The second-order valence-electron chi connectivity index (χ2n) is 8.05. The van der Waals surface area contributed by atoms with Gasteiger partial charge in [0.15, 0.2) is 0 Å². The molecule has 6 rings (SSSR count). The van der Waals surface area contributed by atoms with Gasteiger partial charge in [0.2, 0.25) is 0 Å². The van der Waals surface area contributed by atoms with Crippen LogP contribution in [0, 0.1) is 6.92 Å². The Balaban J connectivity index is 1.47. The molecular formula is C29H21NO. The number of aryl methyl sites for hydroxylation is 1. The van der Waals surface area contributed by atoms with Crippen LogP contribution >= 0.6 is 0 Å². The standard InChI is InChI=1S/C29H21NO/c1-19-11-13-27(24(15-19)20-7-3-2-4-8-20)30-23-12-14-28-26(18-23)25-16-21-9-5-6-10-22(21)17-29(25)31-28/h2-18,30H,1H3. The topological polar surface area (TPSA) is 25.2 Å². The second kappa shape index (κ2) is 7.03. The maximum absolute atomic E-state index is 6.15. The van der Waals surface area contributed by atoms with Crippen LogP contribution < -0.4 is 5.32 Å². The van der Waals surface area contributed by atoms with Gasteiger partial charge in [-0.2, -0.15) is 0 Å². The van der Waals surface area contributed by atoms with E-state index in [1.54, 1.807) is 0 Å². The minimum Gasteiger partial charge on any atom is -0.456 e. The van der Waals surface area contributed by atoms with E-state index in [4.69, 9.17) is 4.42 Å². The first-order valence-electron chi connectivity index (χ1n) is 10.5. The van der Waals surface area contributed by atoms with E-state index in [0.29, 0.717) is 0 Å². The Kier molecular flexibility index (Phi) is 4.03. The Hall–Kier alpha value is -4.04. The molecule has 148 valence electrons. The van der Waals surface area contributed by atoms with Crippen molar-refractivity contribution in [3.63, 3.8) is 0 Å². The maximum Gasteiger partial charge on any atom is 0.136 e. The van der Waals surface area contributed by atoms with Gasteiger partial charge >= 0.3 is 0 Å². The molecule has 0 fully saturated rings. The van der Waals surface area contributed by atoms with Gasteiger partial charge in [-0.3, -0.25) is 0 Å². The summed E-state index contributed by atoms with van der Waals surface area (Å²) in [4.78, 5) is 0. The zero-order chi connectivity index (χ0) is 20.8. The molecule has 0 aliphatic carbocycles. The molecule has 6 aromatic rings. The zero-order valence-corrected chi connectivity index (χ0v) is 17.2. The summed E-state index contributed by atoms with van der Waals surface area (Å²) in [6.07, 6.45) is 0. The minimum atomic E-state index is 0.906. The van der Waals surface area contributed by atoms with Gasteiger partial charge in [0.25, 0.3) is 0 Å². The van der Waals surface area contributed by atoms with Gasteiger partial charge in [-0.25, -0.2) is 0 Å². The summed E-state index contributed by atoms with van der Waals surface area (Å²) < 4.78 is 6.15. The molecule has 0 atom stereocenters. The highest BCUT2D eigenvalue weighted by atomic mass is 16.3. The lowest BCUT2D eigenvalue weighted by Gasteiger charge is -2.13. The van der Waals surface area contributed by atoms with E-state index in [-0.39, 0.29) is 0 Å². The van der Waals surface area contributed by atoms with Gasteiger partial charge in [-0.05, 0) is 65.7 Å². The Bertz CT molecular complexity index is 1560. The molecule has 2 heteroatoms. The molecule has 0 spiro atoms. The van der Waals surface area contributed by atoms with Gasteiger partial charge < -0.3 is 9.73 Å². The van der Waals surface area contributed by atoms with Crippen LogP contribution in [0.15, 0.2) is 108 Å². The normalized spacial score (nSPS) is 11.4. The van der Waals surface area contributed by atoms with Crippen molar-refractivity contribution in [2.75, 3.05) is 5.32 Å². The van der Waals surface area contributed by atoms with Crippen molar-refractivity contribution in [3.8, 4) is 11.1 Å². The molecule has 0 aliphatic rings. The number of benzene rings is 5. The van der Waals surface area contributed by atoms with Crippen molar-refractivity contribution >= 4 is 44.1 Å². The van der Waals surface area contributed by atoms with Crippen LogP contribution in [0.1, 0.15) is 5.56 Å². The molecule has 5 aromatic carbocycles. The van der Waals surface area contributed by atoms with E-state index < -0.39 is 0 Å². The highest BCUT2D eigenvalue weighted by Gasteiger charge is 2.11. The fourth-order valence-electron chi connectivity index (χ4n) is 4.32. The molecule has 0 amide bonds. The fourth-order valence-corrected chi connectivity index (χ4v) is 4.32. The molecular weight excluding hydrogens is 378 g/mol. The van der Waals surface area contributed by atoms with E-state index >= 15 is 0 Å². The average molecular weight is 399 g/mol. The van der Waals surface area contributed by atoms with Crippen molar-refractivity contribution < 1.29 is 4.42 Å². The summed E-state index contributed by atoms with van der Waals surface area (Å²) in [5.41, 5.74) is 7.61. The van der Waals surface area contributed by atoms with E-state index in [1.165, 1.54) is 27.5 Å². The lowest BCUT2D eigenvalue weighted by atomic mass is 10.0. The molecule has 0 bridgehead atoms. The van der Waals surface area contributed by atoms with E-state index in [9.17, 15) is 0 Å². The molecule has 0 aliphatic heterocycles. The van der Waals surface area contributed by atoms with Crippen LogP contribution in [0.25, 0.3) is 43.8 Å². The number of fused-ring (bicyclic) bond motifs is 4. The maximum atomic E-state index is 6.15. The highest BCUT2D eigenvalue weighted by Crippen LogP contribution is 2.36. The van der Waals surface area contributed by atoms with E-state index in [2.05, 4.69) is 109 Å². The first-order chi connectivity index (χ1) is 15.2. The zero-order valence-electron chi connectivity index (χ0n) is 17.2.